The summed E-state index contributed by atoms with van der Waals surface area (Å²) in [6.45, 7) is 4.04. The monoisotopic (exact) mass is 400 g/mol. The van der Waals surface area contributed by atoms with Crippen molar-refractivity contribution >= 4 is 28.5 Å². The van der Waals surface area contributed by atoms with Crippen LogP contribution in [-0.4, -0.2) is 17.0 Å². The first kappa shape index (κ1) is 19.9. The van der Waals surface area contributed by atoms with Crippen LogP contribution in [-0.2, 0) is 17.8 Å². The Morgan fingerprint density at radius 3 is 2.75 bits per heavy atom. The summed E-state index contributed by atoms with van der Waals surface area (Å²) in [7, 11) is 0. The van der Waals surface area contributed by atoms with Crippen molar-refractivity contribution < 1.29 is 13.9 Å². The lowest BCUT2D eigenvalue weighted by atomic mass is 10.1. The fourth-order valence-electron chi connectivity index (χ4n) is 2.87. The molecule has 2 heterocycles. The van der Waals surface area contributed by atoms with Crippen LogP contribution < -0.4 is 15.7 Å². The van der Waals surface area contributed by atoms with E-state index in [9.17, 15) is 9.59 Å². The lowest BCUT2D eigenvalue weighted by Crippen LogP contribution is -2.35. The van der Waals surface area contributed by atoms with Crippen molar-refractivity contribution in [1.82, 2.24) is 10.3 Å². The summed E-state index contributed by atoms with van der Waals surface area (Å²) in [6, 6.07) is 8.40. The molecule has 0 bridgehead atoms. The molecule has 1 amide bonds. The van der Waals surface area contributed by atoms with Gasteiger partial charge in [-0.15, -0.1) is 0 Å². The van der Waals surface area contributed by atoms with Gasteiger partial charge in [0.05, 0.1) is 5.02 Å². The number of nitrogens with zero attached hydrogens (tertiary/aromatic N) is 1. The van der Waals surface area contributed by atoms with Gasteiger partial charge in [-0.2, -0.15) is 0 Å². The normalized spacial score (nSPS) is 12.0. The maximum absolute atomic E-state index is 12.3. The van der Waals surface area contributed by atoms with Gasteiger partial charge in [0.2, 0.25) is 0 Å². The largest absolute Gasteiger partial charge is 0.479 e. The van der Waals surface area contributed by atoms with Crippen molar-refractivity contribution in [3.63, 3.8) is 0 Å². The fourth-order valence-corrected chi connectivity index (χ4v) is 3.08. The van der Waals surface area contributed by atoms with E-state index in [1.165, 1.54) is 6.07 Å². The number of carbonyl (C=O) groups is 1. The van der Waals surface area contributed by atoms with Crippen LogP contribution in [0.5, 0.6) is 5.75 Å². The van der Waals surface area contributed by atoms with Crippen molar-refractivity contribution in [2.24, 2.45) is 0 Å². The summed E-state index contributed by atoms with van der Waals surface area (Å²) in [5.41, 5.74) is 1.78. The van der Waals surface area contributed by atoms with E-state index in [4.69, 9.17) is 20.8 Å². The molecule has 0 radical (unpaired) electrons. The zero-order chi connectivity index (χ0) is 20.1. The fraction of sp³-hybridized carbons (Fsp3) is 0.286. The van der Waals surface area contributed by atoms with E-state index in [0.29, 0.717) is 17.2 Å². The summed E-state index contributed by atoms with van der Waals surface area (Å²) in [6.07, 6.45) is 4.19. The number of halogens is 1. The lowest BCUT2D eigenvalue weighted by molar-refractivity contribution is -0.127. The molecule has 6 nitrogen and oxygen atoms in total. The van der Waals surface area contributed by atoms with Crippen LogP contribution in [0.3, 0.4) is 0 Å². The molecule has 0 unspecified atom stereocenters. The van der Waals surface area contributed by atoms with E-state index < -0.39 is 11.7 Å². The van der Waals surface area contributed by atoms with E-state index in [0.717, 1.165) is 29.4 Å². The second-order valence-electron chi connectivity index (χ2n) is 6.45. The molecule has 1 N–H and O–H groups in total. The third kappa shape index (κ3) is 4.70. The first-order valence-electron chi connectivity index (χ1n) is 9.07. The van der Waals surface area contributed by atoms with Crippen LogP contribution >= 0.6 is 11.6 Å². The molecule has 3 aromatic rings. The molecule has 0 aliphatic rings. The van der Waals surface area contributed by atoms with Gasteiger partial charge in [0.25, 0.3) is 5.91 Å². The molecule has 2 aromatic heterocycles. The molecular formula is C21H21ClN2O4. The van der Waals surface area contributed by atoms with Gasteiger partial charge in [0, 0.05) is 36.5 Å². The van der Waals surface area contributed by atoms with Crippen LogP contribution in [0.2, 0.25) is 5.02 Å². The van der Waals surface area contributed by atoms with Crippen LogP contribution in [0.15, 0.2) is 51.9 Å². The summed E-state index contributed by atoms with van der Waals surface area (Å²) in [5.74, 6) is 0.00619. The molecule has 0 saturated carbocycles. The van der Waals surface area contributed by atoms with Gasteiger partial charge in [-0.1, -0.05) is 24.9 Å². The van der Waals surface area contributed by atoms with E-state index >= 15 is 0 Å². The van der Waals surface area contributed by atoms with Gasteiger partial charge in [0.15, 0.2) is 6.10 Å². The van der Waals surface area contributed by atoms with Crippen molar-refractivity contribution in [3.05, 3.63) is 69.3 Å². The number of carbonyl (C=O) groups excluding carboxylic acids is 1. The first-order chi connectivity index (χ1) is 13.5. The highest BCUT2D eigenvalue weighted by molar-refractivity contribution is 6.32. The number of aromatic nitrogens is 1. The number of amides is 1. The predicted molar refractivity (Wildman–Crippen MR) is 108 cm³/mol. The van der Waals surface area contributed by atoms with E-state index in [1.807, 2.05) is 19.1 Å². The Balaban J connectivity index is 1.76. The smallest absolute Gasteiger partial charge is 0.336 e. The van der Waals surface area contributed by atoms with E-state index in [-0.39, 0.29) is 11.7 Å². The topological polar surface area (TPSA) is 81.4 Å². The number of pyridine rings is 1. The molecule has 0 spiro atoms. The van der Waals surface area contributed by atoms with Crippen LogP contribution in [0.1, 0.15) is 31.4 Å². The Bertz CT molecular complexity index is 1030. The van der Waals surface area contributed by atoms with Gasteiger partial charge in [0.1, 0.15) is 11.3 Å². The summed E-state index contributed by atoms with van der Waals surface area (Å²) < 4.78 is 11.0. The van der Waals surface area contributed by atoms with Gasteiger partial charge in [-0.3, -0.25) is 9.78 Å². The number of benzene rings is 1. The second kappa shape index (κ2) is 8.89. The lowest BCUT2D eigenvalue weighted by Gasteiger charge is -2.16. The molecular weight excluding hydrogens is 380 g/mol. The predicted octanol–water partition coefficient (Wildman–Crippen LogP) is 3.88. The molecule has 7 heteroatoms. The summed E-state index contributed by atoms with van der Waals surface area (Å²) >= 11 is 6.35. The maximum atomic E-state index is 12.3. The minimum Gasteiger partial charge on any atom is -0.479 e. The number of aryl methyl sites for hydroxylation is 1. The molecule has 0 aliphatic carbocycles. The summed E-state index contributed by atoms with van der Waals surface area (Å²) in [4.78, 5) is 28.1. The van der Waals surface area contributed by atoms with E-state index in [1.54, 1.807) is 31.5 Å². The minimum atomic E-state index is -0.776. The molecule has 28 heavy (non-hydrogen) atoms. The Hall–Kier alpha value is -2.86. The van der Waals surface area contributed by atoms with E-state index in [2.05, 4.69) is 10.3 Å². The number of nitrogens with one attached hydrogen (secondary N) is 1. The SMILES string of the molecule is CCCc1cc(=O)oc2cc(O[C@@H](C)C(=O)NCc3ccncc3)c(Cl)cc12. The number of hydrogen-bond acceptors (Lipinski definition) is 5. The van der Waals surface area contributed by atoms with Gasteiger partial charge >= 0.3 is 5.63 Å². The molecule has 146 valence electrons. The van der Waals surface area contributed by atoms with Crippen molar-refractivity contribution in [2.75, 3.05) is 0 Å². The number of rotatable bonds is 7. The maximum Gasteiger partial charge on any atom is 0.336 e. The molecule has 0 aliphatic heterocycles. The molecule has 0 saturated heterocycles. The van der Waals surface area contributed by atoms with Gasteiger partial charge < -0.3 is 14.5 Å². The molecule has 1 atom stereocenters. The minimum absolute atomic E-state index is 0.283. The quantitative estimate of drug-likeness (QED) is 0.609. The van der Waals surface area contributed by atoms with Crippen LogP contribution in [0.25, 0.3) is 11.0 Å². The average molecular weight is 401 g/mol. The highest BCUT2D eigenvalue weighted by Crippen LogP contribution is 2.32. The molecule has 1 aromatic carbocycles. The average Bonchev–Trinajstić information content (AvgIpc) is 2.68. The van der Waals surface area contributed by atoms with Crippen molar-refractivity contribution in [1.29, 1.82) is 0 Å². The number of hydrogen-bond donors (Lipinski definition) is 1. The van der Waals surface area contributed by atoms with Crippen LogP contribution in [0.4, 0.5) is 0 Å². The van der Waals surface area contributed by atoms with Crippen molar-refractivity contribution in [2.45, 2.75) is 39.3 Å². The molecule has 3 rings (SSSR count). The zero-order valence-electron chi connectivity index (χ0n) is 15.7. The Morgan fingerprint density at radius 1 is 1.29 bits per heavy atom. The third-order valence-electron chi connectivity index (χ3n) is 4.29. The highest BCUT2D eigenvalue weighted by atomic mass is 35.5. The third-order valence-corrected chi connectivity index (χ3v) is 4.59. The van der Waals surface area contributed by atoms with Crippen LogP contribution in [0, 0.1) is 0 Å². The number of ether oxygens (including phenoxy) is 1. The van der Waals surface area contributed by atoms with Gasteiger partial charge in [-0.25, -0.2) is 4.79 Å². The number of fused-ring (bicyclic) bond motifs is 1. The highest BCUT2D eigenvalue weighted by Gasteiger charge is 2.18. The zero-order valence-corrected chi connectivity index (χ0v) is 16.5. The molecule has 0 fully saturated rings. The Morgan fingerprint density at radius 2 is 2.04 bits per heavy atom. The first-order valence-corrected chi connectivity index (χ1v) is 9.45. The Labute approximate surface area is 167 Å². The second-order valence-corrected chi connectivity index (χ2v) is 6.86. The van der Waals surface area contributed by atoms with Gasteiger partial charge in [-0.05, 0) is 42.7 Å². The Kier molecular flexibility index (Phi) is 6.31. The summed E-state index contributed by atoms with van der Waals surface area (Å²) in [5, 5.41) is 3.93. The standard InChI is InChI=1S/C21H21ClN2O4/c1-3-4-15-9-20(25)28-18-11-19(17(22)10-16(15)18)27-13(2)21(26)24-12-14-5-7-23-8-6-14/h5-11,13H,3-4,12H2,1-2H3,(H,24,26)/t13-/m0/s1. The van der Waals surface area contributed by atoms with Crippen molar-refractivity contribution in [3.8, 4) is 5.75 Å².